The van der Waals surface area contributed by atoms with Gasteiger partial charge in [0.25, 0.3) is 0 Å². The minimum absolute atomic E-state index is 0.122. The number of hydrogen-bond donors (Lipinski definition) is 0. The summed E-state index contributed by atoms with van der Waals surface area (Å²) in [5.74, 6) is 1.05. The third kappa shape index (κ3) is 4.25. The molecule has 28 heavy (non-hydrogen) atoms. The van der Waals surface area contributed by atoms with Gasteiger partial charge in [-0.2, -0.15) is 0 Å². The molecule has 0 radical (unpaired) electrons. The van der Waals surface area contributed by atoms with Crippen LogP contribution in [0.2, 0.25) is 0 Å². The van der Waals surface area contributed by atoms with Crippen molar-refractivity contribution in [3.63, 3.8) is 0 Å². The third-order valence-corrected chi connectivity index (χ3v) is 5.19. The van der Waals surface area contributed by atoms with E-state index in [0.29, 0.717) is 11.3 Å². The van der Waals surface area contributed by atoms with Crippen LogP contribution in [0.1, 0.15) is 48.2 Å². The summed E-state index contributed by atoms with van der Waals surface area (Å²) in [7, 11) is 1.68. The van der Waals surface area contributed by atoms with Gasteiger partial charge < -0.3 is 9.47 Å². The van der Waals surface area contributed by atoms with Crippen LogP contribution in [-0.4, -0.2) is 13.1 Å². The van der Waals surface area contributed by atoms with E-state index in [1.807, 2.05) is 54.6 Å². The van der Waals surface area contributed by atoms with Crippen LogP contribution in [0.25, 0.3) is 0 Å². The summed E-state index contributed by atoms with van der Waals surface area (Å²) in [5.41, 5.74) is 2.85. The van der Waals surface area contributed by atoms with Gasteiger partial charge in [-0.15, -0.1) is 0 Å². The standard InChI is InChI=1S/C25H26O3/c1-4-18-25(2,20-10-14-22(27-3)15-11-20)21-12-16-23(17-13-21)28-24(26)19-8-6-5-7-9-19/h5-17H,4,18H2,1-3H3. The Morgan fingerprint density at radius 2 is 1.36 bits per heavy atom. The molecule has 3 aromatic carbocycles. The van der Waals surface area contributed by atoms with Crippen LogP contribution in [-0.2, 0) is 5.41 Å². The first kappa shape index (κ1) is 19.7. The van der Waals surface area contributed by atoms with Crippen molar-refractivity contribution in [2.75, 3.05) is 7.11 Å². The van der Waals surface area contributed by atoms with E-state index in [2.05, 4.69) is 26.0 Å². The van der Waals surface area contributed by atoms with Crippen molar-refractivity contribution in [2.24, 2.45) is 0 Å². The molecule has 3 rings (SSSR count). The zero-order valence-electron chi connectivity index (χ0n) is 16.6. The molecular weight excluding hydrogens is 348 g/mol. The van der Waals surface area contributed by atoms with Crippen LogP contribution < -0.4 is 9.47 Å². The number of carbonyl (C=O) groups is 1. The molecule has 3 nitrogen and oxygen atoms in total. The van der Waals surface area contributed by atoms with Gasteiger partial charge in [-0.3, -0.25) is 0 Å². The van der Waals surface area contributed by atoms with Crippen LogP contribution in [0, 0.1) is 0 Å². The Balaban J connectivity index is 1.83. The summed E-state index contributed by atoms with van der Waals surface area (Å²) in [4.78, 5) is 12.2. The lowest BCUT2D eigenvalue weighted by molar-refractivity contribution is 0.0734. The highest BCUT2D eigenvalue weighted by molar-refractivity contribution is 5.90. The number of rotatable bonds is 7. The SMILES string of the molecule is CCCC(C)(c1ccc(OC)cc1)c1ccc(OC(=O)c2ccccc2)cc1. The van der Waals surface area contributed by atoms with Gasteiger partial charge in [0.05, 0.1) is 12.7 Å². The molecule has 0 saturated carbocycles. The molecule has 0 amide bonds. The largest absolute Gasteiger partial charge is 0.497 e. The summed E-state index contributed by atoms with van der Waals surface area (Å²) < 4.78 is 10.8. The Morgan fingerprint density at radius 3 is 1.86 bits per heavy atom. The molecule has 0 fully saturated rings. The lowest BCUT2D eigenvalue weighted by Gasteiger charge is -2.31. The van der Waals surface area contributed by atoms with E-state index in [4.69, 9.17) is 9.47 Å². The molecule has 3 aromatic rings. The van der Waals surface area contributed by atoms with Crippen molar-refractivity contribution in [3.8, 4) is 11.5 Å². The molecule has 0 aromatic heterocycles. The van der Waals surface area contributed by atoms with Gasteiger partial charge in [0.1, 0.15) is 11.5 Å². The normalized spacial score (nSPS) is 12.8. The summed E-state index contributed by atoms with van der Waals surface area (Å²) in [6.45, 7) is 4.45. The first-order valence-corrected chi connectivity index (χ1v) is 9.59. The predicted molar refractivity (Wildman–Crippen MR) is 112 cm³/mol. The van der Waals surface area contributed by atoms with Crippen molar-refractivity contribution >= 4 is 5.97 Å². The maximum atomic E-state index is 12.2. The fraction of sp³-hybridized carbons (Fsp3) is 0.240. The molecule has 0 bridgehead atoms. The Labute approximate surface area is 166 Å². The van der Waals surface area contributed by atoms with E-state index >= 15 is 0 Å². The maximum Gasteiger partial charge on any atom is 0.343 e. The van der Waals surface area contributed by atoms with Crippen LogP contribution in [0.4, 0.5) is 0 Å². The van der Waals surface area contributed by atoms with Gasteiger partial charge in [0.2, 0.25) is 0 Å². The maximum absolute atomic E-state index is 12.2. The fourth-order valence-electron chi connectivity index (χ4n) is 3.55. The molecular formula is C25H26O3. The molecule has 0 aliphatic carbocycles. The molecule has 1 unspecified atom stereocenters. The Kier molecular flexibility index (Phi) is 6.15. The minimum Gasteiger partial charge on any atom is -0.497 e. The van der Waals surface area contributed by atoms with Crippen molar-refractivity contribution < 1.29 is 14.3 Å². The highest BCUT2D eigenvalue weighted by atomic mass is 16.5. The smallest absolute Gasteiger partial charge is 0.343 e. The molecule has 1 atom stereocenters. The average Bonchev–Trinajstić information content (AvgIpc) is 2.75. The van der Waals surface area contributed by atoms with Crippen LogP contribution in [0.15, 0.2) is 78.9 Å². The molecule has 144 valence electrons. The highest BCUT2D eigenvalue weighted by Crippen LogP contribution is 2.37. The minimum atomic E-state index is -0.347. The first-order valence-electron chi connectivity index (χ1n) is 9.59. The molecule has 0 saturated heterocycles. The predicted octanol–water partition coefficient (Wildman–Crippen LogP) is 6.02. The summed E-state index contributed by atoms with van der Waals surface area (Å²) >= 11 is 0. The molecule has 0 aliphatic heterocycles. The Morgan fingerprint density at radius 1 is 0.821 bits per heavy atom. The number of hydrogen-bond acceptors (Lipinski definition) is 3. The second-order valence-electron chi connectivity index (χ2n) is 7.09. The monoisotopic (exact) mass is 374 g/mol. The highest BCUT2D eigenvalue weighted by Gasteiger charge is 2.28. The van der Waals surface area contributed by atoms with E-state index < -0.39 is 0 Å². The van der Waals surface area contributed by atoms with Crippen LogP contribution >= 0.6 is 0 Å². The summed E-state index contributed by atoms with van der Waals surface area (Å²) in [6, 6.07) is 25.1. The first-order chi connectivity index (χ1) is 13.6. The molecule has 3 heteroatoms. The Bertz CT molecular complexity index is 899. The van der Waals surface area contributed by atoms with Gasteiger partial charge in [-0.1, -0.05) is 62.7 Å². The molecule has 0 N–H and O–H groups in total. The van der Waals surface area contributed by atoms with Crippen molar-refractivity contribution in [1.29, 1.82) is 0 Å². The van der Waals surface area contributed by atoms with Gasteiger partial charge >= 0.3 is 5.97 Å². The molecule has 0 heterocycles. The van der Waals surface area contributed by atoms with Crippen molar-refractivity contribution in [3.05, 3.63) is 95.6 Å². The van der Waals surface area contributed by atoms with E-state index in [1.54, 1.807) is 19.2 Å². The summed E-state index contributed by atoms with van der Waals surface area (Å²) in [5, 5.41) is 0. The van der Waals surface area contributed by atoms with E-state index in [-0.39, 0.29) is 11.4 Å². The van der Waals surface area contributed by atoms with E-state index in [0.717, 1.165) is 18.6 Å². The summed E-state index contributed by atoms with van der Waals surface area (Å²) in [6.07, 6.45) is 2.08. The van der Waals surface area contributed by atoms with Gasteiger partial charge in [-0.05, 0) is 53.9 Å². The second-order valence-corrected chi connectivity index (χ2v) is 7.09. The molecule has 0 spiro atoms. The topological polar surface area (TPSA) is 35.5 Å². The van der Waals surface area contributed by atoms with Crippen molar-refractivity contribution in [1.82, 2.24) is 0 Å². The van der Waals surface area contributed by atoms with Crippen molar-refractivity contribution in [2.45, 2.75) is 32.1 Å². The van der Waals surface area contributed by atoms with Gasteiger partial charge in [0, 0.05) is 5.41 Å². The van der Waals surface area contributed by atoms with Crippen LogP contribution in [0.3, 0.4) is 0 Å². The number of esters is 1. The Hall–Kier alpha value is -3.07. The van der Waals surface area contributed by atoms with Crippen LogP contribution in [0.5, 0.6) is 11.5 Å². The van der Waals surface area contributed by atoms with E-state index in [9.17, 15) is 4.79 Å². The second kappa shape index (κ2) is 8.75. The molecule has 0 aliphatic rings. The third-order valence-electron chi connectivity index (χ3n) is 5.19. The zero-order valence-corrected chi connectivity index (χ0v) is 16.6. The lowest BCUT2D eigenvalue weighted by atomic mass is 9.73. The number of benzene rings is 3. The van der Waals surface area contributed by atoms with E-state index in [1.165, 1.54) is 11.1 Å². The quantitative estimate of drug-likeness (QED) is 0.375. The number of ether oxygens (including phenoxy) is 2. The number of carbonyl (C=O) groups excluding carboxylic acids is 1. The average molecular weight is 374 g/mol. The van der Waals surface area contributed by atoms with Gasteiger partial charge in [-0.25, -0.2) is 4.79 Å². The van der Waals surface area contributed by atoms with Gasteiger partial charge in [0.15, 0.2) is 0 Å². The lowest BCUT2D eigenvalue weighted by Crippen LogP contribution is -2.23. The number of methoxy groups -OCH3 is 1. The zero-order chi connectivity index (χ0) is 20.0. The fourth-order valence-corrected chi connectivity index (χ4v) is 3.55.